The first kappa shape index (κ1) is 17.5. The van der Waals surface area contributed by atoms with Crippen LogP contribution in [0, 0.1) is 5.82 Å². The van der Waals surface area contributed by atoms with Crippen LogP contribution in [0.1, 0.15) is 18.4 Å². The summed E-state index contributed by atoms with van der Waals surface area (Å²) in [6.07, 6.45) is 4.02. The van der Waals surface area contributed by atoms with Crippen molar-refractivity contribution in [2.45, 2.75) is 24.3 Å². The van der Waals surface area contributed by atoms with Gasteiger partial charge in [-0.25, -0.2) is 4.39 Å². The van der Waals surface area contributed by atoms with Crippen molar-refractivity contribution in [1.82, 2.24) is 14.8 Å². The number of aromatic nitrogens is 1. The van der Waals surface area contributed by atoms with E-state index in [9.17, 15) is 9.18 Å². The van der Waals surface area contributed by atoms with Crippen molar-refractivity contribution < 1.29 is 9.18 Å². The maximum atomic E-state index is 14.0. The molecule has 142 valence electrons. The number of hydrogen-bond donors (Lipinski definition) is 0. The van der Waals surface area contributed by atoms with E-state index >= 15 is 0 Å². The van der Waals surface area contributed by atoms with Gasteiger partial charge in [0.15, 0.2) is 0 Å². The highest BCUT2D eigenvalue weighted by Gasteiger charge is 2.59. The van der Waals surface area contributed by atoms with Crippen LogP contribution >= 0.6 is 15.9 Å². The largest absolute Gasteiger partial charge is 0.313 e. The number of nitrogens with zero attached hydrogens (tertiary/aromatic N) is 4. The van der Waals surface area contributed by atoms with Crippen molar-refractivity contribution >= 4 is 38.4 Å². The summed E-state index contributed by atoms with van der Waals surface area (Å²) < 4.78 is 14.4. The summed E-state index contributed by atoms with van der Waals surface area (Å²) in [5, 5.41) is 0.876. The van der Waals surface area contributed by atoms with Crippen molar-refractivity contribution in [3.8, 4) is 0 Å². The molecule has 5 rings (SSSR count). The minimum Gasteiger partial charge on any atom is -0.313 e. The van der Waals surface area contributed by atoms with E-state index in [4.69, 9.17) is 0 Å². The standard InChI is InChI=1S/C20H22BrFN4O/c1-24-5-3-12(4-6-24)26-10-20(11-26)18-13-7-14(21)15(22)8-16(13)23-9-17(18)25(2)19(20)27/h7-9,12H,3-6,10-11H2,1-2H3. The maximum absolute atomic E-state index is 14.0. The molecule has 3 aliphatic heterocycles. The number of fused-ring (bicyclic) bond motifs is 4. The Morgan fingerprint density at radius 3 is 2.63 bits per heavy atom. The zero-order chi connectivity index (χ0) is 18.9. The van der Waals surface area contributed by atoms with Gasteiger partial charge in [-0.15, -0.1) is 0 Å². The maximum Gasteiger partial charge on any atom is 0.240 e. The van der Waals surface area contributed by atoms with Gasteiger partial charge >= 0.3 is 0 Å². The molecule has 1 aromatic heterocycles. The van der Waals surface area contributed by atoms with Crippen LogP contribution < -0.4 is 4.90 Å². The zero-order valence-corrected chi connectivity index (χ0v) is 17.1. The van der Waals surface area contributed by atoms with Gasteiger partial charge in [0.2, 0.25) is 5.91 Å². The second kappa shape index (κ2) is 5.96. The quantitative estimate of drug-likeness (QED) is 0.694. The molecule has 5 nitrogen and oxygen atoms in total. The van der Waals surface area contributed by atoms with E-state index in [1.165, 1.54) is 6.07 Å². The molecule has 0 radical (unpaired) electrons. The van der Waals surface area contributed by atoms with Gasteiger partial charge in [-0.3, -0.25) is 14.7 Å². The Morgan fingerprint density at radius 1 is 1.22 bits per heavy atom. The Balaban J connectivity index is 1.55. The van der Waals surface area contributed by atoms with E-state index < -0.39 is 5.41 Å². The average molecular weight is 433 g/mol. The molecule has 2 aromatic rings. The fourth-order valence-electron chi connectivity index (χ4n) is 5.03. The molecule has 7 heteroatoms. The minimum atomic E-state index is -0.522. The van der Waals surface area contributed by atoms with Gasteiger partial charge in [0.1, 0.15) is 11.2 Å². The molecule has 2 saturated heterocycles. The Hall–Kier alpha value is -1.57. The SMILES string of the molecule is CN1CCC(N2CC3(C2)C(=O)N(C)c2cnc4cc(F)c(Br)cc4c23)CC1. The summed E-state index contributed by atoms with van der Waals surface area (Å²) in [5.74, 6) is -0.195. The predicted octanol–water partition coefficient (Wildman–Crippen LogP) is 2.76. The van der Waals surface area contributed by atoms with Crippen LogP contribution in [0.3, 0.4) is 0 Å². The molecule has 27 heavy (non-hydrogen) atoms. The lowest BCUT2D eigenvalue weighted by atomic mass is 9.72. The predicted molar refractivity (Wildman–Crippen MR) is 107 cm³/mol. The molecule has 1 amide bonds. The number of carbonyl (C=O) groups is 1. The molecule has 0 bridgehead atoms. The zero-order valence-electron chi connectivity index (χ0n) is 15.5. The van der Waals surface area contributed by atoms with Gasteiger partial charge in [-0.05, 0) is 55.0 Å². The topological polar surface area (TPSA) is 39.7 Å². The smallest absolute Gasteiger partial charge is 0.240 e. The summed E-state index contributed by atoms with van der Waals surface area (Å²) in [7, 11) is 3.98. The summed E-state index contributed by atoms with van der Waals surface area (Å²) in [5.41, 5.74) is 1.96. The fraction of sp³-hybridized carbons (Fsp3) is 0.500. The van der Waals surface area contributed by atoms with Crippen LogP contribution in [0.4, 0.5) is 10.1 Å². The van der Waals surface area contributed by atoms with Gasteiger partial charge < -0.3 is 9.80 Å². The van der Waals surface area contributed by atoms with Gasteiger partial charge in [0, 0.05) is 43.2 Å². The minimum absolute atomic E-state index is 0.136. The van der Waals surface area contributed by atoms with Crippen LogP contribution in [-0.4, -0.2) is 67.0 Å². The third-order valence-electron chi connectivity index (χ3n) is 6.59. The third-order valence-corrected chi connectivity index (χ3v) is 7.20. The second-order valence-electron chi connectivity index (χ2n) is 8.19. The molecule has 1 aromatic carbocycles. The van der Waals surface area contributed by atoms with Crippen molar-refractivity contribution in [3.05, 3.63) is 34.2 Å². The van der Waals surface area contributed by atoms with Gasteiger partial charge in [-0.1, -0.05) is 0 Å². The number of likely N-dealkylation sites (N-methyl/N-ethyl adjacent to an activating group) is 1. The molecular formula is C20H22BrFN4O. The van der Waals surface area contributed by atoms with Gasteiger partial charge in [0.25, 0.3) is 0 Å². The van der Waals surface area contributed by atoms with E-state index in [2.05, 4.69) is 37.8 Å². The van der Waals surface area contributed by atoms with E-state index in [1.54, 1.807) is 17.2 Å². The van der Waals surface area contributed by atoms with Crippen molar-refractivity contribution in [2.75, 3.05) is 45.2 Å². The molecule has 0 aliphatic carbocycles. The van der Waals surface area contributed by atoms with E-state index in [-0.39, 0.29) is 11.7 Å². The Morgan fingerprint density at radius 2 is 1.93 bits per heavy atom. The molecule has 0 N–H and O–H groups in total. The van der Waals surface area contributed by atoms with E-state index in [0.717, 1.165) is 55.7 Å². The highest BCUT2D eigenvalue weighted by atomic mass is 79.9. The number of piperidine rings is 1. The Bertz CT molecular complexity index is 951. The van der Waals surface area contributed by atoms with Crippen LogP contribution in [0.5, 0.6) is 0 Å². The number of carbonyl (C=O) groups excluding carboxylic acids is 1. The summed E-state index contributed by atoms with van der Waals surface area (Å²) in [6, 6.07) is 3.78. The normalized spacial score (nSPS) is 23.3. The number of benzene rings is 1. The van der Waals surface area contributed by atoms with Crippen molar-refractivity contribution in [1.29, 1.82) is 0 Å². The monoisotopic (exact) mass is 432 g/mol. The lowest BCUT2D eigenvalue weighted by molar-refractivity contribution is -0.131. The number of amides is 1. The highest BCUT2D eigenvalue weighted by molar-refractivity contribution is 9.10. The van der Waals surface area contributed by atoms with Crippen LogP contribution in [0.2, 0.25) is 0 Å². The average Bonchev–Trinajstić information content (AvgIpc) is 2.84. The Labute approximate surface area is 166 Å². The molecule has 0 atom stereocenters. The molecule has 3 aliphatic rings. The summed E-state index contributed by atoms with van der Waals surface area (Å²) in [4.78, 5) is 24.2. The first-order valence-corrected chi connectivity index (χ1v) is 10.2. The fourth-order valence-corrected chi connectivity index (χ4v) is 5.37. The summed E-state index contributed by atoms with van der Waals surface area (Å²) >= 11 is 3.30. The third kappa shape index (κ3) is 2.41. The second-order valence-corrected chi connectivity index (χ2v) is 9.04. The molecule has 0 saturated carbocycles. The number of pyridine rings is 1. The lowest BCUT2D eigenvalue weighted by Gasteiger charge is -2.52. The molecular weight excluding hydrogens is 411 g/mol. The van der Waals surface area contributed by atoms with Crippen LogP contribution in [0.15, 0.2) is 22.8 Å². The summed E-state index contributed by atoms with van der Waals surface area (Å²) in [6.45, 7) is 3.70. The first-order chi connectivity index (χ1) is 12.9. The van der Waals surface area contributed by atoms with E-state index in [1.807, 2.05) is 7.05 Å². The number of likely N-dealkylation sites (tertiary alicyclic amines) is 2. The van der Waals surface area contributed by atoms with Gasteiger partial charge in [-0.2, -0.15) is 0 Å². The van der Waals surface area contributed by atoms with Gasteiger partial charge in [0.05, 0.1) is 21.9 Å². The van der Waals surface area contributed by atoms with Crippen molar-refractivity contribution in [2.24, 2.45) is 0 Å². The number of anilines is 1. The molecule has 4 heterocycles. The van der Waals surface area contributed by atoms with E-state index in [0.29, 0.717) is 16.0 Å². The number of hydrogen-bond acceptors (Lipinski definition) is 4. The molecule has 2 fully saturated rings. The van der Waals surface area contributed by atoms with Crippen LogP contribution in [-0.2, 0) is 10.2 Å². The molecule has 0 unspecified atom stereocenters. The highest BCUT2D eigenvalue weighted by Crippen LogP contribution is 2.50. The first-order valence-electron chi connectivity index (χ1n) is 9.40. The molecule has 1 spiro atoms. The van der Waals surface area contributed by atoms with Crippen LogP contribution in [0.25, 0.3) is 10.9 Å². The number of halogens is 2. The Kier molecular flexibility index (Phi) is 3.87. The lowest BCUT2D eigenvalue weighted by Crippen LogP contribution is -2.67. The number of rotatable bonds is 1. The van der Waals surface area contributed by atoms with Crippen molar-refractivity contribution in [3.63, 3.8) is 0 Å².